The van der Waals surface area contributed by atoms with Crippen LogP contribution in [0.5, 0.6) is 0 Å². The van der Waals surface area contributed by atoms with Gasteiger partial charge in [-0.15, -0.1) is 0 Å². The first-order valence-corrected chi connectivity index (χ1v) is 13.2. The second kappa shape index (κ2) is 10.9. The highest BCUT2D eigenvalue weighted by atomic mass is 32.2. The predicted molar refractivity (Wildman–Crippen MR) is 125 cm³/mol. The Morgan fingerprint density at radius 2 is 1.71 bits per heavy atom. The molecule has 5 nitrogen and oxygen atoms in total. The SMILES string of the molecule is C[C@@H]1CN(CCSCCN)C[C@H](C)N(c2ccc(N3CCS(=O)CC3)cc2)C1. The average Bonchev–Trinajstić information content (AvgIpc) is 2.84. The third-order valence-corrected chi connectivity index (χ3v) is 7.94. The summed E-state index contributed by atoms with van der Waals surface area (Å²) in [6.45, 7) is 11.9. The predicted octanol–water partition coefficient (Wildman–Crippen LogP) is 2.09. The van der Waals surface area contributed by atoms with Gasteiger partial charge in [-0.2, -0.15) is 11.8 Å². The Hall–Kier alpha value is -0.760. The molecule has 0 saturated carbocycles. The quantitative estimate of drug-likeness (QED) is 0.677. The maximum Gasteiger partial charge on any atom is 0.0411 e. The Morgan fingerprint density at radius 3 is 2.39 bits per heavy atom. The lowest BCUT2D eigenvalue weighted by Crippen LogP contribution is -2.40. The van der Waals surface area contributed by atoms with E-state index in [2.05, 4.69) is 52.8 Å². The summed E-state index contributed by atoms with van der Waals surface area (Å²) in [5.41, 5.74) is 8.19. The van der Waals surface area contributed by atoms with E-state index in [1.165, 1.54) is 23.7 Å². The van der Waals surface area contributed by atoms with Crippen LogP contribution in [0.3, 0.4) is 0 Å². The van der Waals surface area contributed by atoms with Crippen LogP contribution in [0.15, 0.2) is 24.3 Å². The summed E-state index contributed by atoms with van der Waals surface area (Å²) >= 11 is 1.96. The summed E-state index contributed by atoms with van der Waals surface area (Å²) in [5, 5.41) is 0. The second-order valence-corrected chi connectivity index (χ2v) is 11.0. The van der Waals surface area contributed by atoms with Gasteiger partial charge < -0.3 is 20.4 Å². The van der Waals surface area contributed by atoms with Crippen molar-refractivity contribution in [1.82, 2.24) is 4.90 Å². The monoisotopic (exact) mass is 424 g/mol. The molecule has 0 unspecified atom stereocenters. The van der Waals surface area contributed by atoms with E-state index in [0.717, 1.165) is 56.5 Å². The molecule has 1 aromatic rings. The topological polar surface area (TPSA) is 52.8 Å². The van der Waals surface area contributed by atoms with Gasteiger partial charge in [-0.05, 0) is 37.1 Å². The van der Waals surface area contributed by atoms with Gasteiger partial charge in [-0.1, -0.05) is 6.92 Å². The zero-order chi connectivity index (χ0) is 19.9. The molecule has 28 heavy (non-hydrogen) atoms. The van der Waals surface area contributed by atoms with Gasteiger partial charge >= 0.3 is 0 Å². The van der Waals surface area contributed by atoms with Gasteiger partial charge in [0.05, 0.1) is 0 Å². The van der Waals surface area contributed by atoms with Gasteiger partial charge in [0.25, 0.3) is 0 Å². The molecule has 2 aliphatic rings. The van der Waals surface area contributed by atoms with Crippen LogP contribution in [0.25, 0.3) is 0 Å². The molecule has 0 aliphatic carbocycles. The number of anilines is 2. The van der Waals surface area contributed by atoms with Gasteiger partial charge in [0.2, 0.25) is 0 Å². The van der Waals surface area contributed by atoms with Gasteiger partial charge in [0, 0.05) is 97.0 Å². The molecule has 158 valence electrons. The molecule has 2 heterocycles. The molecule has 0 bridgehead atoms. The first kappa shape index (κ1) is 21.9. The highest BCUT2D eigenvalue weighted by Crippen LogP contribution is 2.26. The zero-order valence-corrected chi connectivity index (χ0v) is 19.0. The van der Waals surface area contributed by atoms with Crippen molar-refractivity contribution in [1.29, 1.82) is 0 Å². The van der Waals surface area contributed by atoms with E-state index >= 15 is 0 Å². The van der Waals surface area contributed by atoms with E-state index in [1.54, 1.807) is 0 Å². The van der Waals surface area contributed by atoms with Crippen molar-refractivity contribution in [3.05, 3.63) is 24.3 Å². The van der Waals surface area contributed by atoms with Crippen LogP contribution in [0.4, 0.5) is 11.4 Å². The number of nitrogens with two attached hydrogens (primary N) is 1. The summed E-state index contributed by atoms with van der Waals surface area (Å²) in [6, 6.07) is 9.54. The van der Waals surface area contributed by atoms with Gasteiger partial charge in [-0.25, -0.2) is 0 Å². The summed E-state index contributed by atoms with van der Waals surface area (Å²) < 4.78 is 11.6. The van der Waals surface area contributed by atoms with Crippen molar-refractivity contribution in [3.8, 4) is 0 Å². The minimum atomic E-state index is -0.623. The lowest BCUT2D eigenvalue weighted by atomic mass is 10.1. The molecule has 2 N–H and O–H groups in total. The Morgan fingerprint density at radius 1 is 1.04 bits per heavy atom. The minimum Gasteiger partial charge on any atom is -0.370 e. The number of benzene rings is 1. The molecule has 3 rings (SSSR count). The highest BCUT2D eigenvalue weighted by molar-refractivity contribution is 7.99. The van der Waals surface area contributed by atoms with E-state index in [0.29, 0.717) is 12.0 Å². The zero-order valence-electron chi connectivity index (χ0n) is 17.4. The number of nitrogens with zero attached hydrogens (tertiary/aromatic N) is 3. The van der Waals surface area contributed by atoms with Crippen LogP contribution in [0, 0.1) is 5.92 Å². The highest BCUT2D eigenvalue weighted by Gasteiger charge is 2.25. The molecule has 2 aliphatic heterocycles. The van der Waals surface area contributed by atoms with Crippen molar-refractivity contribution in [2.45, 2.75) is 19.9 Å². The lowest BCUT2D eigenvalue weighted by Gasteiger charge is -2.32. The molecule has 0 amide bonds. The first-order valence-electron chi connectivity index (χ1n) is 10.5. The number of thioether (sulfide) groups is 1. The average molecular weight is 425 g/mol. The summed E-state index contributed by atoms with van der Waals surface area (Å²) in [7, 11) is -0.623. The van der Waals surface area contributed by atoms with E-state index in [4.69, 9.17) is 5.73 Å². The molecule has 1 aromatic carbocycles. The smallest absolute Gasteiger partial charge is 0.0411 e. The fourth-order valence-electron chi connectivity index (χ4n) is 4.23. The first-order chi connectivity index (χ1) is 13.6. The van der Waals surface area contributed by atoms with Crippen LogP contribution in [-0.2, 0) is 10.8 Å². The number of hydrogen-bond acceptors (Lipinski definition) is 6. The third-order valence-electron chi connectivity index (χ3n) is 5.67. The molecule has 2 fully saturated rings. The Balaban J connectivity index is 1.60. The summed E-state index contributed by atoms with van der Waals surface area (Å²) in [6.07, 6.45) is 0. The summed E-state index contributed by atoms with van der Waals surface area (Å²) in [5.74, 6) is 4.47. The third kappa shape index (κ3) is 6.12. The molecule has 0 radical (unpaired) electrons. The number of hydrogen-bond donors (Lipinski definition) is 1. The van der Waals surface area contributed by atoms with Crippen LogP contribution in [0.1, 0.15) is 13.8 Å². The van der Waals surface area contributed by atoms with Crippen LogP contribution in [0.2, 0.25) is 0 Å². The molecule has 2 saturated heterocycles. The number of rotatable bonds is 7. The Bertz CT molecular complexity index is 617. The largest absolute Gasteiger partial charge is 0.370 e. The second-order valence-electron chi connectivity index (χ2n) is 8.12. The van der Waals surface area contributed by atoms with Gasteiger partial charge in [0.1, 0.15) is 0 Å². The molecular formula is C21H36N4OS2. The van der Waals surface area contributed by atoms with Gasteiger partial charge in [0.15, 0.2) is 0 Å². The Kier molecular flexibility index (Phi) is 8.51. The van der Waals surface area contributed by atoms with Crippen LogP contribution in [-0.4, -0.2) is 84.0 Å². The fourth-order valence-corrected chi connectivity index (χ4v) is 6.04. The van der Waals surface area contributed by atoms with Gasteiger partial charge in [-0.3, -0.25) is 4.21 Å². The van der Waals surface area contributed by atoms with Crippen molar-refractivity contribution in [3.63, 3.8) is 0 Å². The van der Waals surface area contributed by atoms with E-state index in [9.17, 15) is 4.21 Å². The minimum absolute atomic E-state index is 0.507. The standard InChI is InChI=1S/C21H36N4OS2/c1-18-15-23(8-12-27-11-7-22)17-19(2)25(16-18)21-5-3-20(4-6-21)24-9-13-28(26)14-10-24/h3-6,18-19H,7-17,22H2,1-2H3/t18-,19+/m1/s1. The molecular weight excluding hydrogens is 388 g/mol. The van der Waals surface area contributed by atoms with Crippen molar-refractivity contribution in [2.75, 3.05) is 78.6 Å². The van der Waals surface area contributed by atoms with Crippen LogP contribution >= 0.6 is 11.8 Å². The maximum atomic E-state index is 11.6. The van der Waals surface area contributed by atoms with E-state index in [1.807, 2.05) is 11.8 Å². The normalized spacial score (nSPS) is 25.1. The lowest BCUT2D eigenvalue weighted by molar-refractivity contribution is 0.268. The van der Waals surface area contributed by atoms with Crippen molar-refractivity contribution >= 4 is 33.9 Å². The van der Waals surface area contributed by atoms with Crippen LogP contribution < -0.4 is 15.5 Å². The maximum absolute atomic E-state index is 11.6. The van der Waals surface area contributed by atoms with E-state index < -0.39 is 10.8 Å². The fraction of sp³-hybridized carbons (Fsp3) is 0.714. The van der Waals surface area contributed by atoms with Crippen molar-refractivity contribution in [2.24, 2.45) is 11.7 Å². The van der Waals surface area contributed by atoms with E-state index in [-0.39, 0.29) is 0 Å². The molecule has 2 atom stereocenters. The summed E-state index contributed by atoms with van der Waals surface area (Å²) in [4.78, 5) is 7.56. The molecule has 7 heteroatoms. The van der Waals surface area contributed by atoms with Crippen molar-refractivity contribution < 1.29 is 4.21 Å². The molecule has 0 spiro atoms. The molecule has 0 aromatic heterocycles. The Labute approximate surface area is 177 Å².